The van der Waals surface area contributed by atoms with Crippen molar-refractivity contribution in [3.63, 3.8) is 0 Å². The van der Waals surface area contributed by atoms with Crippen LogP contribution in [0.4, 0.5) is 0 Å². The Labute approximate surface area is 83.6 Å². The SMILES string of the molecule is [B]C1CC(CC)(CC)C(C)C1OC. The first-order chi connectivity index (χ1) is 6.11. The van der Waals surface area contributed by atoms with Crippen molar-refractivity contribution in [3.05, 3.63) is 0 Å². The van der Waals surface area contributed by atoms with Crippen molar-refractivity contribution in [2.75, 3.05) is 7.11 Å². The smallest absolute Gasteiger partial charge is 0.0735 e. The number of ether oxygens (including phenoxy) is 1. The highest BCUT2D eigenvalue weighted by molar-refractivity contribution is 6.12. The summed E-state index contributed by atoms with van der Waals surface area (Å²) in [5.41, 5.74) is 0.431. The summed E-state index contributed by atoms with van der Waals surface area (Å²) in [5.74, 6) is 0.836. The fourth-order valence-electron chi connectivity index (χ4n) is 3.05. The van der Waals surface area contributed by atoms with E-state index in [-0.39, 0.29) is 11.9 Å². The van der Waals surface area contributed by atoms with E-state index in [0.29, 0.717) is 11.3 Å². The van der Waals surface area contributed by atoms with Crippen LogP contribution in [0.2, 0.25) is 5.82 Å². The predicted octanol–water partition coefficient (Wildman–Crippen LogP) is 2.80. The van der Waals surface area contributed by atoms with Crippen LogP contribution in [0.15, 0.2) is 0 Å². The summed E-state index contributed by atoms with van der Waals surface area (Å²) >= 11 is 0. The number of methoxy groups -OCH3 is 1. The molecule has 3 atom stereocenters. The molecule has 0 aromatic rings. The van der Waals surface area contributed by atoms with Gasteiger partial charge in [-0.25, -0.2) is 0 Å². The molecule has 0 N–H and O–H groups in total. The minimum Gasteiger partial charge on any atom is -0.382 e. The molecule has 0 saturated heterocycles. The average Bonchev–Trinajstić information content (AvgIpc) is 2.38. The van der Waals surface area contributed by atoms with Crippen LogP contribution < -0.4 is 0 Å². The van der Waals surface area contributed by atoms with Crippen molar-refractivity contribution in [3.8, 4) is 0 Å². The van der Waals surface area contributed by atoms with Gasteiger partial charge in [-0.15, -0.1) is 0 Å². The maximum absolute atomic E-state index is 6.08. The van der Waals surface area contributed by atoms with Gasteiger partial charge in [-0.05, 0) is 17.8 Å². The van der Waals surface area contributed by atoms with E-state index in [1.165, 1.54) is 12.8 Å². The summed E-state index contributed by atoms with van der Waals surface area (Å²) in [6, 6.07) is 0. The minimum absolute atomic E-state index is 0.236. The van der Waals surface area contributed by atoms with Crippen LogP contribution in [0.1, 0.15) is 40.0 Å². The van der Waals surface area contributed by atoms with Crippen LogP contribution >= 0.6 is 0 Å². The third kappa shape index (κ3) is 1.65. The third-order valence-corrected chi connectivity index (χ3v) is 4.20. The van der Waals surface area contributed by atoms with E-state index >= 15 is 0 Å². The van der Waals surface area contributed by atoms with Gasteiger partial charge in [-0.3, -0.25) is 0 Å². The first-order valence-electron chi connectivity index (χ1n) is 5.39. The Kier molecular flexibility index (Phi) is 3.45. The normalized spacial score (nSPS) is 38.0. The Bertz CT molecular complexity index is 165. The molecule has 0 spiro atoms. The second-order valence-corrected chi connectivity index (χ2v) is 4.43. The molecule has 2 radical (unpaired) electrons. The second-order valence-electron chi connectivity index (χ2n) is 4.43. The first kappa shape index (κ1) is 11.1. The van der Waals surface area contributed by atoms with E-state index in [1.807, 2.05) is 0 Å². The number of hydrogen-bond acceptors (Lipinski definition) is 1. The standard InChI is InChI=1S/C11H21BO/c1-5-11(6-2)7-9(12)10(13-4)8(11)3/h8-10H,5-7H2,1-4H3. The van der Waals surface area contributed by atoms with Crippen LogP contribution in [0.3, 0.4) is 0 Å². The largest absolute Gasteiger partial charge is 0.382 e. The molecule has 13 heavy (non-hydrogen) atoms. The fourth-order valence-corrected chi connectivity index (χ4v) is 3.05. The zero-order valence-electron chi connectivity index (χ0n) is 9.34. The average molecular weight is 180 g/mol. The van der Waals surface area contributed by atoms with Crippen LogP contribution in [0.5, 0.6) is 0 Å². The van der Waals surface area contributed by atoms with Gasteiger partial charge in [0.1, 0.15) is 0 Å². The van der Waals surface area contributed by atoms with Crippen molar-refractivity contribution in [1.29, 1.82) is 0 Å². The van der Waals surface area contributed by atoms with Gasteiger partial charge in [-0.2, -0.15) is 0 Å². The van der Waals surface area contributed by atoms with Gasteiger partial charge in [0.25, 0.3) is 0 Å². The Hall–Kier alpha value is 0.0249. The highest BCUT2D eigenvalue weighted by Crippen LogP contribution is 2.53. The van der Waals surface area contributed by atoms with Gasteiger partial charge in [0.05, 0.1) is 14.0 Å². The minimum atomic E-state index is 0.236. The van der Waals surface area contributed by atoms with E-state index in [9.17, 15) is 0 Å². The lowest BCUT2D eigenvalue weighted by atomic mass is 9.73. The molecule has 2 heteroatoms. The van der Waals surface area contributed by atoms with Gasteiger partial charge in [0.15, 0.2) is 0 Å². The maximum Gasteiger partial charge on any atom is 0.0735 e. The molecule has 1 rings (SSSR count). The van der Waals surface area contributed by atoms with Crippen molar-refractivity contribution < 1.29 is 4.74 Å². The molecule has 1 saturated carbocycles. The molecule has 0 amide bonds. The van der Waals surface area contributed by atoms with Gasteiger partial charge in [-0.1, -0.05) is 39.4 Å². The van der Waals surface area contributed by atoms with Crippen LogP contribution in [-0.4, -0.2) is 21.1 Å². The van der Waals surface area contributed by atoms with Gasteiger partial charge >= 0.3 is 0 Å². The number of hydrogen-bond donors (Lipinski definition) is 0. The summed E-state index contributed by atoms with van der Waals surface area (Å²) in [7, 11) is 7.86. The molecule has 1 fully saturated rings. The van der Waals surface area contributed by atoms with E-state index in [1.54, 1.807) is 7.11 Å². The molecule has 1 aliphatic carbocycles. The summed E-state index contributed by atoms with van der Waals surface area (Å²) in [4.78, 5) is 0. The monoisotopic (exact) mass is 180 g/mol. The van der Waals surface area contributed by atoms with Crippen LogP contribution in [0.25, 0.3) is 0 Å². The molecule has 0 bridgehead atoms. The van der Waals surface area contributed by atoms with Gasteiger partial charge < -0.3 is 4.74 Å². The molecule has 0 heterocycles. The predicted molar refractivity (Wildman–Crippen MR) is 57.1 cm³/mol. The first-order valence-corrected chi connectivity index (χ1v) is 5.39. The third-order valence-electron chi connectivity index (χ3n) is 4.20. The zero-order chi connectivity index (χ0) is 10.1. The fraction of sp³-hybridized carbons (Fsp3) is 1.00. The molecular weight excluding hydrogens is 159 g/mol. The highest BCUT2D eigenvalue weighted by Gasteiger charge is 2.46. The molecule has 74 valence electrons. The molecular formula is C11H21BO. The van der Waals surface area contributed by atoms with Crippen molar-refractivity contribution >= 4 is 7.85 Å². The second kappa shape index (κ2) is 4.04. The van der Waals surface area contributed by atoms with Crippen LogP contribution in [0, 0.1) is 11.3 Å². The Balaban J connectivity index is 2.80. The zero-order valence-corrected chi connectivity index (χ0v) is 9.34. The van der Waals surface area contributed by atoms with Gasteiger partial charge in [0.2, 0.25) is 0 Å². The molecule has 0 aliphatic heterocycles. The topological polar surface area (TPSA) is 9.23 Å². The van der Waals surface area contributed by atoms with Crippen molar-refractivity contribution in [1.82, 2.24) is 0 Å². The molecule has 1 aliphatic rings. The van der Waals surface area contributed by atoms with Crippen molar-refractivity contribution in [2.24, 2.45) is 11.3 Å². The van der Waals surface area contributed by atoms with E-state index in [0.717, 1.165) is 6.42 Å². The highest BCUT2D eigenvalue weighted by atomic mass is 16.5. The van der Waals surface area contributed by atoms with E-state index in [2.05, 4.69) is 20.8 Å². The quantitative estimate of drug-likeness (QED) is 0.606. The maximum atomic E-state index is 6.08. The summed E-state index contributed by atoms with van der Waals surface area (Å²) < 4.78 is 5.47. The number of rotatable bonds is 3. The molecule has 0 aromatic heterocycles. The van der Waals surface area contributed by atoms with Crippen LogP contribution in [-0.2, 0) is 4.74 Å². The molecule has 0 aromatic carbocycles. The Morgan fingerprint density at radius 1 is 1.38 bits per heavy atom. The lowest BCUT2D eigenvalue weighted by Crippen LogP contribution is -2.28. The summed E-state index contributed by atoms with van der Waals surface area (Å²) in [6.45, 7) is 6.82. The lowest BCUT2D eigenvalue weighted by molar-refractivity contribution is 0.0425. The summed E-state index contributed by atoms with van der Waals surface area (Å²) in [6.07, 6.45) is 3.83. The van der Waals surface area contributed by atoms with Crippen molar-refractivity contribution in [2.45, 2.75) is 52.0 Å². The van der Waals surface area contributed by atoms with Gasteiger partial charge in [0, 0.05) is 7.11 Å². The summed E-state index contributed by atoms with van der Waals surface area (Å²) in [5, 5.41) is 0. The molecule has 3 unspecified atom stereocenters. The molecule has 1 nitrogen and oxygen atoms in total. The van der Waals surface area contributed by atoms with E-state index in [4.69, 9.17) is 12.6 Å². The Morgan fingerprint density at radius 3 is 2.15 bits per heavy atom. The Morgan fingerprint density at radius 2 is 1.92 bits per heavy atom. The van der Waals surface area contributed by atoms with E-state index < -0.39 is 0 Å². The lowest BCUT2D eigenvalue weighted by Gasteiger charge is -2.33.